The minimum Gasteiger partial charge on any atom is -0.467 e. The zero-order chi connectivity index (χ0) is 17.4. The number of aryl methyl sites for hydroxylation is 1. The quantitative estimate of drug-likeness (QED) is 0.423. The van der Waals surface area contributed by atoms with Crippen LogP contribution in [0.2, 0.25) is 0 Å². The average Bonchev–Trinajstić information content (AvgIpc) is 3.16. The Labute approximate surface area is 151 Å². The van der Waals surface area contributed by atoms with Gasteiger partial charge in [-0.15, -0.1) is 0 Å². The average molecular weight is 397 g/mol. The third-order valence-corrected chi connectivity index (χ3v) is 4.05. The number of halogens is 1. The van der Waals surface area contributed by atoms with Crippen LogP contribution in [0.3, 0.4) is 0 Å². The second kappa shape index (κ2) is 9.54. The molecule has 2 aromatic heterocycles. The summed E-state index contributed by atoms with van der Waals surface area (Å²) in [6.45, 7) is 2.80. The number of guanidine groups is 1. The molecule has 24 heavy (non-hydrogen) atoms. The van der Waals surface area contributed by atoms with Crippen molar-refractivity contribution in [2.75, 3.05) is 27.2 Å². The molecule has 0 amide bonds. The molecule has 0 aliphatic heterocycles. The molecule has 0 unspecified atom stereocenters. The zero-order valence-electron chi connectivity index (χ0n) is 14.5. The standard InChI is InChI=1S/C17H25BrN4O2/c1-19-17(22(3)12-15-10-14(18)11-21(15)2)20-7-5-8-23-13-16-6-4-9-24-16/h4,6,9-11H,5,7-8,12-13H2,1-3H3,(H,19,20). The Kier molecular flexibility index (Phi) is 7.39. The van der Waals surface area contributed by atoms with Crippen molar-refractivity contribution in [2.24, 2.45) is 12.0 Å². The first-order valence-electron chi connectivity index (χ1n) is 7.93. The number of furan rings is 1. The normalized spacial score (nSPS) is 11.8. The predicted molar refractivity (Wildman–Crippen MR) is 98.9 cm³/mol. The van der Waals surface area contributed by atoms with E-state index in [4.69, 9.17) is 9.15 Å². The number of hydrogen-bond acceptors (Lipinski definition) is 3. The minimum absolute atomic E-state index is 0.518. The van der Waals surface area contributed by atoms with Crippen LogP contribution in [0.5, 0.6) is 0 Å². The molecule has 0 radical (unpaired) electrons. The highest BCUT2D eigenvalue weighted by Gasteiger charge is 2.09. The molecule has 7 heteroatoms. The molecule has 0 bridgehead atoms. The van der Waals surface area contributed by atoms with Gasteiger partial charge >= 0.3 is 0 Å². The number of hydrogen-bond donors (Lipinski definition) is 1. The molecular weight excluding hydrogens is 372 g/mol. The summed E-state index contributed by atoms with van der Waals surface area (Å²) in [5, 5.41) is 3.36. The van der Waals surface area contributed by atoms with E-state index in [0.29, 0.717) is 13.2 Å². The molecule has 0 saturated carbocycles. The molecule has 0 fully saturated rings. The number of nitrogens with zero attached hydrogens (tertiary/aromatic N) is 3. The van der Waals surface area contributed by atoms with Gasteiger partial charge in [0.15, 0.2) is 5.96 Å². The number of nitrogens with one attached hydrogen (secondary N) is 1. The second-order valence-corrected chi connectivity index (χ2v) is 6.49. The third kappa shape index (κ3) is 5.72. The fraction of sp³-hybridized carbons (Fsp3) is 0.471. The zero-order valence-corrected chi connectivity index (χ0v) is 16.0. The Bertz CT molecular complexity index is 637. The van der Waals surface area contributed by atoms with Crippen molar-refractivity contribution in [1.29, 1.82) is 0 Å². The fourth-order valence-corrected chi connectivity index (χ4v) is 2.94. The molecule has 0 aliphatic rings. The van der Waals surface area contributed by atoms with Crippen LogP contribution in [0.15, 0.2) is 44.5 Å². The van der Waals surface area contributed by atoms with Crippen LogP contribution >= 0.6 is 15.9 Å². The lowest BCUT2D eigenvalue weighted by molar-refractivity contribution is 0.104. The summed E-state index contributed by atoms with van der Waals surface area (Å²) in [7, 11) is 5.87. The van der Waals surface area contributed by atoms with E-state index in [1.165, 1.54) is 5.69 Å². The monoisotopic (exact) mass is 396 g/mol. The van der Waals surface area contributed by atoms with Gasteiger partial charge in [0.1, 0.15) is 12.4 Å². The Hall–Kier alpha value is -1.73. The molecule has 6 nitrogen and oxygen atoms in total. The highest BCUT2D eigenvalue weighted by Crippen LogP contribution is 2.14. The molecule has 2 rings (SSSR count). The highest BCUT2D eigenvalue weighted by atomic mass is 79.9. The maximum Gasteiger partial charge on any atom is 0.193 e. The van der Waals surface area contributed by atoms with Gasteiger partial charge in [0.2, 0.25) is 0 Å². The second-order valence-electron chi connectivity index (χ2n) is 5.58. The van der Waals surface area contributed by atoms with Gasteiger partial charge in [-0.1, -0.05) is 0 Å². The van der Waals surface area contributed by atoms with Crippen LogP contribution in [-0.2, 0) is 24.9 Å². The Morgan fingerprint density at radius 3 is 2.96 bits per heavy atom. The molecule has 0 aliphatic carbocycles. The molecular formula is C17H25BrN4O2. The van der Waals surface area contributed by atoms with Crippen molar-refractivity contribution in [3.8, 4) is 0 Å². The summed E-state index contributed by atoms with van der Waals surface area (Å²) in [6.07, 6.45) is 4.62. The Morgan fingerprint density at radius 1 is 1.50 bits per heavy atom. The van der Waals surface area contributed by atoms with E-state index in [0.717, 1.165) is 35.7 Å². The lowest BCUT2D eigenvalue weighted by atomic mass is 10.4. The molecule has 0 spiro atoms. The molecule has 132 valence electrons. The van der Waals surface area contributed by atoms with E-state index < -0.39 is 0 Å². The van der Waals surface area contributed by atoms with Crippen LogP contribution in [-0.4, -0.2) is 42.7 Å². The first-order valence-corrected chi connectivity index (χ1v) is 8.72. The van der Waals surface area contributed by atoms with Crippen molar-refractivity contribution in [3.05, 3.63) is 46.6 Å². The lowest BCUT2D eigenvalue weighted by Crippen LogP contribution is -2.39. The first kappa shape index (κ1) is 18.6. The van der Waals surface area contributed by atoms with Gasteiger partial charge in [0.05, 0.1) is 12.8 Å². The van der Waals surface area contributed by atoms with Gasteiger partial charge in [-0.2, -0.15) is 0 Å². The van der Waals surface area contributed by atoms with E-state index in [1.807, 2.05) is 26.2 Å². The maximum atomic E-state index is 5.57. The van der Waals surface area contributed by atoms with Crippen molar-refractivity contribution in [1.82, 2.24) is 14.8 Å². The summed E-state index contributed by atoms with van der Waals surface area (Å²) < 4.78 is 14.0. The SMILES string of the molecule is CN=C(NCCCOCc1ccco1)N(C)Cc1cc(Br)cn1C. The van der Waals surface area contributed by atoms with Gasteiger partial charge < -0.3 is 23.9 Å². The number of ether oxygens (including phenoxy) is 1. The molecule has 1 N–H and O–H groups in total. The molecule has 0 saturated heterocycles. The van der Waals surface area contributed by atoms with Crippen LogP contribution in [0.1, 0.15) is 17.9 Å². The van der Waals surface area contributed by atoms with Crippen LogP contribution in [0, 0.1) is 0 Å². The highest BCUT2D eigenvalue weighted by molar-refractivity contribution is 9.10. The van der Waals surface area contributed by atoms with Gasteiger partial charge in [-0.05, 0) is 40.5 Å². The molecule has 0 atom stereocenters. The van der Waals surface area contributed by atoms with Gasteiger partial charge in [0.25, 0.3) is 0 Å². The molecule has 2 heterocycles. The first-order chi connectivity index (χ1) is 11.6. The van der Waals surface area contributed by atoms with Crippen LogP contribution in [0.4, 0.5) is 0 Å². The summed E-state index contributed by atoms with van der Waals surface area (Å²) in [5.74, 6) is 1.73. The summed E-state index contributed by atoms with van der Waals surface area (Å²) >= 11 is 3.50. The molecule has 2 aromatic rings. The van der Waals surface area contributed by atoms with Crippen LogP contribution in [0.25, 0.3) is 0 Å². The van der Waals surface area contributed by atoms with Gasteiger partial charge in [0, 0.05) is 50.7 Å². The largest absolute Gasteiger partial charge is 0.467 e. The van der Waals surface area contributed by atoms with Crippen molar-refractivity contribution < 1.29 is 9.15 Å². The van der Waals surface area contributed by atoms with Crippen molar-refractivity contribution in [2.45, 2.75) is 19.6 Å². The fourth-order valence-electron chi connectivity index (χ4n) is 2.37. The van der Waals surface area contributed by atoms with Crippen LogP contribution < -0.4 is 5.32 Å². The number of aromatic nitrogens is 1. The van der Waals surface area contributed by atoms with Crippen molar-refractivity contribution >= 4 is 21.9 Å². The Morgan fingerprint density at radius 2 is 2.33 bits per heavy atom. The van der Waals surface area contributed by atoms with E-state index in [1.54, 1.807) is 13.3 Å². The smallest absolute Gasteiger partial charge is 0.193 e. The van der Waals surface area contributed by atoms with E-state index in [-0.39, 0.29) is 0 Å². The lowest BCUT2D eigenvalue weighted by Gasteiger charge is -2.22. The van der Waals surface area contributed by atoms with Gasteiger partial charge in [-0.25, -0.2) is 0 Å². The summed E-state index contributed by atoms with van der Waals surface area (Å²) in [5.41, 5.74) is 1.22. The maximum absolute atomic E-state index is 5.57. The Balaban J connectivity index is 1.67. The van der Waals surface area contributed by atoms with E-state index in [2.05, 4.69) is 48.0 Å². The van der Waals surface area contributed by atoms with Crippen molar-refractivity contribution in [3.63, 3.8) is 0 Å². The number of rotatable bonds is 8. The molecule has 0 aromatic carbocycles. The summed E-state index contributed by atoms with van der Waals surface area (Å²) in [4.78, 5) is 6.44. The third-order valence-electron chi connectivity index (χ3n) is 3.62. The van der Waals surface area contributed by atoms with Gasteiger partial charge in [-0.3, -0.25) is 4.99 Å². The number of aliphatic imine (C=N–C) groups is 1. The van der Waals surface area contributed by atoms with E-state index >= 15 is 0 Å². The summed E-state index contributed by atoms with van der Waals surface area (Å²) in [6, 6.07) is 5.90. The predicted octanol–water partition coefficient (Wildman–Crippen LogP) is 2.99. The minimum atomic E-state index is 0.518. The topological polar surface area (TPSA) is 54.9 Å². The van der Waals surface area contributed by atoms with E-state index in [9.17, 15) is 0 Å².